The summed E-state index contributed by atoms with van der Waals surface area (Å²) in [4.78, 5) is 30.0. The summed E-state index contributed by atoms with van der Waals surface area (Å²) in [5.74, 6) is -3.29. The maximum atomic E-state index is 14.3. The highest BCUT2D eigenvalue weighted by Crippen LogP contribution is 2.58. The first-order valence-corrected chi connectivity index (χ1v) is 13.7. The molecule has 2 aromatic heterocycles. The molecule has 2 aliphatic rings. The van der Waals surface area contributed by atoms with Crippen molar-refractivity contribution in [3.8, 4) is 11.1 Å². The molecule has 0 saturated heterocycles. The largest absolute Gasteiger partial charge is 0.298 e. The highest BCUT2D eigenvalue weighted by atomic mass is 19.3. The van der Waals surface area contributed by atoms with Crippen LogP contribution in [0, 0.1) is 23.4 Å². The summed E-state index contributed by atoms with van der Waals surface area (Å²) in [6.45, 7) is 1.02. The lowest BCUT2D eigenvalue weighted by Gasteiger charge is -2.20. The number of aromatic nitrogens is 3. The Morgan fingerprint density at radius 2 is 1.79 bits per heavy atom. The summed E-state index contributed by atoms with van der Waals surface area (Å²) >= 11 is 0. The molecule has 0 spiro atoms. The van der Waals surface area contributed by atoms with Crippen LogP contribution >= 0.6 is 0 Å². The molecule has 0 radical (unpaired) electrons. The van der Waals surface area contributed by atoms with Gasteiger partial charge in [0.25, 0.3) is 6.43 Å². The van der Waals surface area contributed by atoms with E-state index in [1.165, 1.54) is 48.1 Å². The number of carbonyl (C=O) groups is 2. The SMILES string of the molecule is CC(=O)c1cc(-c2cccnc2[C@@H](CC(=O)Cn2nc(C(F)F)c3c2CC2CC32)Cc2cc(F)cc(F)c2)ccc1F. The standard InChI is InChI=1S/C32H26F5N3O2/c1-16(41)25-11-18(4-5-27(25)35)24-3-2-6-38-30(24)20(7-17-8-21(33)14-22(34)9-17)10-23(42)15-40-28-13-19-12-26(19)29(28)31(39-40)32(36)37/h2-6,8-9,11,14,19-20,26,32H,7,10,12-13,15H2,1H3/t19?,20-,26?/m1/s1. The third-order valence-electron chi connectivity index (χ3n) is 8.17. The van der Waals surface area contributed by atoms with Crippen molar-refractivity contribution in [1.29, 1.82) is 0 Å². The molecule has 2 aromatic carbocycles. The fourth-order valence-corrected chi connectivity index (χ4v) is 6.25. The Kier molecular flexibility index (Phi) is 7.24. The molecular formula is C32H26F5N3O2. The molecule has 10 heteroatoms. The first kappa shape index (κ1) is 27.9. The number of halogens is 5. The lowest BCUT2D eigenvalue weighted by Crippen LogP contribution is -2.19. The summed E-state index contributed by atoms with van der Waals surface area (Å²) in [5.41, 5.74) is 2.58. The molecule has 1 saturated carbocycles. The second kappa shape index (κ2) is 10.9. The van der Waals surface area contributed by atoms with Gasteiger partial charge in [-0.15, -0.1) is 0 Å². The van der Waals surface area contributed by atoms with Crippen LogP contribution in [0.25, 0.3) is 11.1 Å². The normalized spacial score (nSPS) is 17.7. The van der Waals surface area contributed by atoms with E-state index in [0.29, 0.717) is 46.0 Å². The third kappa shape index (κ3) is 5.37. The highest BCUT2D eigenvalue weighted by molar-refractivity contribution is 5.95. The predicted octanol–water partition coefficient (Wildman–Crippen LogP) is 7.15. The first-order valence-electron chi connectivity index (χ1n) is 13.7. The van der Waals surface area contributed by atoms with Gasteiger partial charge in [-0.3, -0.25) is 19.3 Å². The molecule has 0 N–H and O–H groups in total. The van der Waals surface area contributed by atoms with Crippen LogP contribution in [0.4, 0.5) is 22.0 Å². The molecule has 2 aliphatic carbocycles. The molecule has 0 bridgehead atoms. The Hall–Kier alpha value is -4.21. The van der Waals surface area contributed by atoms with Crippen molar-refractivity contribution in [2.24, 2.45) is 5.92 Å². The van der Waals surface area contributed by atoms with Crippen molar-refractivity contribution in [1.82, 2.24) is 14.8 Å². The van der Waals surface area contributed by atoms with E-state index < -0.39 is 35.6 Å². The zero-order chi connectivity index (χ0) is 29.7. The van der Waals surface area contributed by atoms with E-state index >= 15 is 0 Å². The number of carbonyl (C=O) groups excluding carboxylic acids is 2. The van der Waals surface area contributed by atoms with Crippen molar-refractivity contribution < 1.29 is 31.5 Å². The number of ketones is 2. The Bertz CT molecular complexity index is 1700. The number of nitrogens with zero attached hydrogens (tertiary/aromatic N) is 3. The average molecular weight is 580 g/mol. The fourth-order valence-electron chi connectivity index (χ4n) is 6.25. The van der Waals surface area contributed by atoms with Crippen molar-refractivity contribution in [3.63, 3.8) is 0 Å². The summed E-state index contributed by atoms with van der Waals surface area (Å²) in [6.07, 6.45) is 0.141. The summed E-state index contributed by atoms with van der Waals surface area (Å²) < 4.78 is 71.4. The van der Waals surface area contributed by atoms with Crippen LogP contribution in [0.5, 0.6) is 0 Å². The van der Waals surface area contributed by atoms with E-state index in [2.05, 4.69) is 10.1 Å². The van der Waals surface area contributed by atoms with Crippen LogP contribution in [0.1, 0.15) is 76.6 Å². The second-order valence-corrected chi connectivity index (χ2v) is 11.1. The maximum absolute atomic E-state index is 14.3. The van der Waals surface area contributed by atoms with E-state index in [0.717, 1.165) is 12.5 Å². The Morgan fingerprint density at radius 1 is 1.02 bits per heavy atom. The number of pyridine rings is 1. The van der Waals surface area contributed by atoms with Gasteiger partial charge in [0.15, 0.2) is 11.6 Å². The van der Waals surface area contributed by atoms with Gasteiger partial charge in [-0.2, -0.15) is 5.10 Å². The van der Waals surface area contributed by atoms with Crippen LogP contribution in [0.2, 0.25) is 0 Å². The van der Waals surface area contributed by atoms with E-state index in [4.69, 9.17) is 0 Å². The number of fused-ring (bicyclic) bond motifs is 3. The predicted molar refractivity (Wildman–Crippen MR) is 144 cm³/mol. The second-order valence-electron chi connectivity index (χ2n) is 11.1. The highest BCUT2D eigenvalue weighted by Gasteiger charge is 2.50. The van der Waals surface area contributed by atoms with Gasteiger partial charge in [0.05, 0.1) is 17.8 Å². The summed E-state index contributed by atoms with van der Waals surface area (Å²) in [7, 11) is 0. The van der Waals surface area contributed by atoms with Gasteiger partial charge in [0.1, 0.15) is 23.1 Å². The van der Waals surface area contributed by atoms with Crippen molar-refractivity contribution in [2.75, 3.05) is 0 Å². The lowest BCUT2D eigenvalue weighted by molar-refractivity contribution is -0.120. The van der Waals surface area contributed by atoms with E-state index in [1.807, 2.05) is 0 Å². The molecule has 1 fully saturated rings. The number of rotatable bonds is 10. The molecule has 216 valence electrons. The van der Waals surface area contributed by atoms with E-state index in [-0.39, 0.29) is 42.3 Å². The van der Waals surface area contributed by atoms with E-state index in [1.54, 1.807) is 12.1 Å². The molecule has 42 heavy (non-hydrogen) atoms. The minimum absolute atomic E-state index is 0.0365. The molecule has 6 rings (SSSR count). The minimum atomic E-state index is -2.74. The van der Waals surface area contributed by atoms with Gasteiger partial charge < -0.3 is 0 Å². The van der Waals surface area contributed by atoms with Gasteiger partial charge in [-0.1, -0.05) is 12.1 Å². The molecule has 4 aromatic rings. The Morgan fingerprint density at radius 3 is 2.50 bits per heavy atom. The average Bonchev–Trinajstić information content (AvgIpc) is 3.45. The molecule has 5 nitrogen and oxygen atoms in total. The zero-order valence-corrected chi connectivity index (χ0v) is 22.6. The maximum Gasteiger partial charge on any atom is 0.282 e. The number of hydrogen-bond donors (Lipinski definition) is 0. The fraction of sp³-hybridized carbons (Fsp3) is 0.312. The molecule has 2 unspecified atom stereocenters. The minimum Gasteiger partial charge on any atom is -0.298 e. The van der Waals surface area contributed by atoms with E-state index in [9.17, 15) is 31.5 Å². The summed E-state index contributed by atoms with van der Waals surface area (Å²) in [5, 5.41) is 4.10. The monoisotopic (exact) mass is 579 g/mol. The molecular weight excluding hydrogens is 553 g/mol. The van der Waals surface area contributed by atoms with Crippen molar-refractivity contribution >= 4 is 11.6 Å². The Balaban J connectivity index is 1.35. The van der Waals surface area contributed by atoms with Gasteiger partial charge in [-0.05, 0) is 79.5 Å². The first-order chi connectivity index (χ1) is 20.1. The van der Waals surface area contributed by atoms with Crippen LogP contribution in [0.3, 0.4) is 0 Å². The molecule has 0 aliphatic heterocycles. The van der Waals surface area contributed by atoms with Crippen molar-refractivity contribution in [2.45, 2.75) is 57.4 Å². The lowest BCUT2D eigenvalue weighted by atomic mass is 9.86. The smallest absolute Gasteiger partial charge is 0.282 e. The number of benzene rings is 2. The zero-order valence-electron chi connectivity index (χ0n) is 22.6. The van der Waals surface area contributed by atoms with Crippen LogP contribution in [0.15, 0.2) is 54.7 Å². The third-order valence-corrected chi connectivity index (χ3v) is 8.17. The molecule has 2 heterocycles. The van der Waals surface area contributed by atoms with Crippen LogP contribution < -0.4 is 0 Å². The van der Waals surface area contributed by atoms with Gasteiger partial charge in [0.2, 0.25) is 0 Å². The van der Waals surface area contributed by atoms with Gasteiger partial charge in [-0.25, -0.2) is 22.0 Å². The number of hydrogen-bond acceptors (Lipinski definition) is 4. The van der Waals surface area contributed by atoms with Crippen LogP contribution in [-0.4, -0.2) is 26.3 Å². The summed E-state index contributed by atoms with van der Waals surface area (Å²) in [6, 6.07) is 10.5. The topological polar surface area (TPSA) is 64.8 Å². The van der Waals surface area contributed by atoms with Gasteiger partial charge in [0, 0.05) is 41.4 Å². The number of Topliss-reactive ketones (excluding diaryl/α,β-unsaturated/α-hetero) is 2. The van der Waals surface area contributed by atoms with Crippen molar-refractivity contribution in [3.05, 3.63) is 106 Å². The quantitative estimate of drug-likeness (QED) is 0.148. The Labute approximate surface area is 238 Å². The molecule has 3 atom stereocenters. The number of alkyl halides is 2. The van der Waals surface area contributed by atoms with Gasteiger partial charge >= 0.3 is 0 Å². The molecule has 0 amide bonds. The van der Waals surface area contributed by atoms with Crippen LogP contribution in [-0.2, 0) is 24.2 Å².